The lowest BCUT2D eigenvalue weighted by Gasteiger charge is -2.15. The molecule has 2 atom stereocenters. The topological polar surface area (TPSA) is 56.2 Å². The number of alkyl halides is 1. The number of benzene rings is 1. The number of ether oxygens (including phenoxy) is 1. The highest BCUT2D eigenvalue weighted by molar-refractivity contribution is 6.20. The molecule has 0 spiro atoms. The van der Waals surface area contributed by atoms with Gasteiger partial charge < -0.3 is 14.6 Å². The molecular formula is C15H18ClN3O2. The van der Waals surface area contributed by atoms with Gasteiger partial charge in [0.15, 0.2) is 0 Å². The van der Waals surface area contributed by atoms with Gasteiger partial charge in [0, 0.05) is 19.0 Å². The van der Waals surface area contributed by atoms with E-state index in [1.165, 1.54) is 0 Å². The van der Waals surface area contributed by atoms with Crippen LogP contribution in [0.25, 0.3) is 11.0 Å². The van der Waals surface area contributed by atoms with E-state index in [0.717, 1.165) is 29.0 Å². The molecule has 21 heavy (non-hydrogen) atoms. The third kappa shape index (κ3) is 2.58. The summed E-state index contributed by atoms with van der Waals surface area (Å²) < 4.78 is 7.46. The second-order valence-electron chi connectivity index (χ2n) is 5.33. The largest absolute Gasteiger partial charge is 0.494 e. The number of amides is 1. The molecule has 2 aromatic rings. The Morgan fingerprint density at radius 2 is 2.38 bits per heavy atom. The Balaban J connectivity index is 2.06. The summed E-state index contributed by atoms with van der Waals surface area (Å²) in [5, 5.41) is 2.78. The third-order valence-corrected chi connectivity index (χ3v) is 4.03. The van der Waals surface area contributed by atoms with Gasteiger partial charge in [-0.05, 0) is 25.5 Å². The van der Waals surface area contributed by atoms with Crippen molar-refractivity contribution < 1.29 is 9.53 Å². The van der Waals surface area contributed by atoms with Crippen molar-refractivity contribution in [3.63, 3.8) is 0 Å². The van der Waals surface area contributed by atoms with Crippen molar-refractivity contribution in [2.45, 2.75) is 37.7 Å². The number of hydrogen-bond acceptors (Lipinski definition) is 3. The standard InChI is InChI=1S/C15H18ClN3O2/c1-9(16)15-18-14-11(4-3-5-12(14)21-2)19(15)8-10-6-7-13(20)17-10/h3-5,9-10H,6-8H2,1-2H3,(H,17,20). The normalized spacial score (nSPS) is 19.8. The van der Waals surface area contributed by atoms with Gasteiger partial charge in [0.1, 0.15) is 17.1 Å². The lowest BCUT2D eigenvalue weighted by atomic mass is 10.2. The number of fused-ring (bicyclic) bond motifs is 1. The van der Waals surface area contributed by atoms with E-state index in [9.17, 15) is 4.79 Å². The SMILES string of the molecule is COc1cccc2c1nc(C(C)Cl)n2CC1CCC(=O)N1. The first-order valence-corrected chi connectivity index (χ1v) is 7.50. The summed E-state index contributed by atoms with van der Waals surface area (Å²) >= 11 is 6.28. The Morgan fingerprint density at radius 1 is 1.57 bits per heavy atom. The highest BCUT2D eigenvalue weighted by atomic mass is 35.5. The van der Waals surface area contributed by atoms with Gasteiger partial charge >= 0.3 is 0 Å². The van der Waals surface area contributed by atoms with E-state index in [1.54, 1.807) is 7.11 Å². The number of carbonyl (C=O) groups excluding carboxylic acids is 1. The molecule has 1 aromatic heterocycles. The first kappa shape index (κ1) is 14.2. The average molecular weight is 308 g/mol. The summed E-state index contributed by atoms with van der Waals surface area (Å²) in [4.78, 5) is 16.0. The van der Waals surface area contributed by atoms with E-state index < -0.39 is 0 Å². The number of aromatic nitrogens is 2. The summed E-state index contributed by atoms with van der Waals surface area (Å²) in [6.07, 6.45) is 1.44. The quantitative estimate of drug-likeness (QED) is 0.883. The van der Waals surface area contributed by atoms with Crippen LogP contribution in [0.5, 0.6) is 5.75 Å². The number of halogens is 1. The Kier molecular flexibility index (Phi) is 3.76. The smallest absolute Gasteiger partial charge is 0.220 e. The van der Waals surface area contributed by atoms with E-state index in [0.29, 0.717) is 13.0 Å². The Morgan fingerprint density at radius 3 is 3.00 bits per heavy atom. The molecule has 0 radical (unpaired) electrons. The zero-order valence-corrected chi connectivity index (χ0v) is 12.9. The molecule has 0 aliphatic carbocycles. The van der Waals surface area contributed by atoms with Gasteiger partial charge in [-0.2, -0.15) is 0 Å². The number of para-hydroxylation sites is 1. The Hall–Kier alpha value is -1.75. The lowest BCUT2D eigenvalue weighted by Crippen LogP contribution is -2.30. The summed E-state index contributed by atoms with van der Waals surface area (Å²) in [6.45, 7) is 2.58. The van der Waals surface area contributed by atoms with Crippen molar-refractivity contribution in [3.8, 4) is 5.75 Å². The van der Waals surface area contributed by atoms with Gasteiger partial charge in [-0.15, -0.1) is 11.6 Å². The van der Waals surface area contributed by atoms with Crippen molar-refractivity contribution in [3.05, 3.63) is 24.0 Å². The van der Waals surface area contributed by atoms with Crippen LogP contribution in [0.2, 0.25) is 0 Å². The second-order valence-corrected chi connectivity index (χ2v) is 5.98. The van der Waals surface area contributed by atoms with Crippen LogP contribution < -0.4 is 10.1 Å². The molecule has 1 aromatic carbocycles. The van der Waals surface area contributed by atoms with Gasteiger partial charge in [0.25, 0.3) is 0 Å². The van der Waals surface area contributed by atoms with Crippen LogP contribution >= 0.6 is 11.6 Å². The minimum atomic E-state index is -0.209. The number of imidazole rings is 1. The fraction of sp³-hybridized carbons (Fsp3) is 0.467. The maximum absolute atomic E-state index is 11.4. The number of nitrogens with one attached hydrogen (secondary N) is 1. The summed E-state index contributed by atoms with van der Waals surface area (Å²) in [6, 6.07) is 5.97. The molecule has 112 valence electrons. The zero-order valence-electron chi connectivity index (χ0n) is 12.1. The van der Waals surface area contributed by atoms with Crippen LogP contribution in [0.3, 0.4) is 0 Å². The first-order valence-electron chi connectivity index (χ1n) is 7.06. The molecule has 3 rings (SSSR count). The molecule has 5 nitrogen and oxygen atoms in total. The van der Waals surface area contributed by atoms with Crippen molar-refractivity contribution in [1.82, 2.24) is 14.9 Å². The summed E-state index contributed by atoms with van der Waals surface area (Å²) in [7, 11) is 1.63. The van der Waals surface area contributed by atoms with E-state index >= 15 is 0 Å². The lowest BCUT2D eigenvalue weighted by molar-refractivity contribution is -0.119. The molecule has 6 heteroatoms. The third-order valence-electron chi connectivity index (χ3n) is 3.84. The average Bonchev–Trinajstić information content (AvgIpc) is 3.03. The highest BCUT2D eigenvalue weighted by Gasteiger charge is 2.24. The van der Waals surface area contributed by atoms with Crippen molar-refractivity contribution in [1.29, 1.82) is 0 Å². The van der Waals surface area contributed by atoms with Crippen molar-refractivity contribution in [2.24, 2.45) is 0 Å². The van der Waals surface area contributed by atoms with Gasteiger partial charge in [-0.1, -0.05) is 6.07 Å². The van der Waals surface area contributed by atoms with Crippen molar-refractivity contribution >= 4 is 28.5 Å². The van der Waals surface area contributed by atoms with E-state index in [4.69, 9.17) is 16.3 Å². The predicted molar refractivity (Wildman–Crippen MR) is 81.7 cm³/mol. The van der Waals surface area contributed by atoms with Crippen molar-refractivity contribution in [2.75, 3.05) is 7.11 Å². The predicted octanol–water partition coefficient (Wildman–Crippen LogP) is 2.62. The minimum absolute atomic E-state index is 0.113. The van der Waals surface area contributed by atoms with Crippen LogP contribution in [0, 0.1) is 0 Å². The molecule has 1 N–H and O–H groups in total. The highest BCUT2D eigenvalue weighted by Crippen LogP contribution is 2.30. The van der Waals surface area contributed by atoms with Gasteiger partial charge in [-0.25, -0.2) is 4.98 Å². The zero-order chi connectivity index (χ0) is 15.0. The fourth-order valence-corrected chi connectivity index (χ4v) is 3.00. The molecule has 1 aliphatic heterocycles. The Bertz CT molecular complexity index is 681. The van der Waals surface area contributed by atoms with Crippen LogP contribution in [-0.4, -0.2) is 28.6 Å². The molecular weight excluding hydrogens is 290 g/mol. The molecule has 0 bridgehead atoms. The fourth-order valence-electron chi connectivity index (χ4n) is 2.83. The van der Waals surface area contributed by atoms with E-state index in [1.807, 2.05) is 25.1 Å². The molecule has 2 heterocycles. The number of carbonyl (C=O) groups is 1. The maximum atomic E-state index is 11.4. The molecule has 1 amide bonds. The van der Waals surface area contributed by atoms with E-state index in [-0.39, 0.29) is 17.3 Å². The molecule has 1 aliphatic rings. The Labute approximate surface area is 128 Å². The van der Waals surface area contributed by atoms with Crippen LogP contribution in [-0.2, 0) is 11.3 Å². The first-order chi connectivity index (χ1) is 10.1. The molecule has 2 unspecified atom stereocenters. The van der Waals surface area contributed by atoms with Gasteiger partial charge in [-0.3, -0.25) is 4.79 Å². The van der Waals surface area contributed by atoms with Gasteiger partial charge in [0.05, 0.1) is 18.0 Å². The number of rotatable bonds is 4. The monoisotopic (exact) mass is 307 g/mol. The summed E-state index contributed by atoms with van der Waals surface area (Å²) in [5.74, 6) is 1.65. The minimum Gasteiger partial charge on any atom is -0.494 e. The number of methoxy groups -OCH3 is 1. The molecule has 1 saturated heterocycles. The van der Waals surface area contributed by atoms with Gasteiger partial charge in [0.2, 0.25) is 5.91 Å². The van der Waals surface area contributed by atoms with E-state index in [2.05, 4.69) is 14.9 Å². The number of hydrogen-bond donors (Lipinski definition) is 1. The summed E-state index contributed by atoms with van der Waals surface area (Å²) in [5.41, 5.74) is 1.80. The van der Waals surface area contributed by atoms with Crippen LogP contribution in [0.4, 0.5) is 0 Å². The van der Waals surface area contributed by atoms with Crippen LogP contribution in [0.15, 0.2) is 18.2 Å². The number of nitrogens with zero attached hydrogens (tertiary/aromatic N) is 2. The molecule has 0 saturated carbocycles. The molecule has 1 fully saturated rings. The van der Waals surface area contributed by atoms with Crippen LogP contribution in [0.1, 0.15) is 31.0 Å². The second kappa shape index (κ2) is 5.56. The maximum Gasteiger partial charge on any atom is 0.220 e.